The summed E-state index contributed by atoms with van der Waals surface area (Å²) in [7, 11) is 3.22. The molecule has 0 fully saturated rings. The van der Waals surface area contributed by atoms with Crippen LogP contribution in [0, 0.1) is 0 Å². The molecule has 0 saturated heterocycles. The molecule has 0 radical (unpaired) electrons. The Hall–Kier alpha value is -2.73. The second-order valence-electron chi connectivity index (χ2n) is 7.65. The molecule has 0 saturated carbocycles. The zero-order chi connectivity index (χ0) is 22.5. The molecular weight excluding hydrogens is 416 g/mol. The van der Waals surface area contributed by atoms with Gasteiger partial charge in [0, 0.05) is 23.7 Å². The molecule has 1 aliphatic rings. The van der Waals surface area contributed by atoms with E-state index in [1.54, 1.807) is 43.4 Å². The van der Waals surface area contributed by atoms with E-state index in [1.165, 1.54) is 0 Å². The van der Waals surface area contributed by atoms with Crippen molar-refractivity contribution in [2.75, 3.05) is 33.9 Å². The van der Waals surface area contributed by atoms with E-state index in [1.807, 2.05) is 30.9 Å². The van der Waals surface area contributed by atoms with Gasteiger partial charge in [-0.2, -0.15) is 0 Å². The summed E-state index contributed by atoms with van der Waals surface area (Å²) in [5.74, 6) is 1.11. The van der Waals surface area contributed by atoms with Crippen molar-refractivity contribution in [1.29, 1.82) is 0 Å². The Morgan fingerprint density at radius 3 is 2.39 bits per heavy atom. The van der Waals surface area contributed by atoms with E-state index in [9.17, 15) is 9.59 Å². The quantitative estimate of drug-likeness (QED) is 0.636. The van der Waals surface area contributed by atoms with Crippen LogP contribution in [0.3, 0.4) is 0 Å². The third-order valence-corrected chi connectivity index (χ3v) is 5.96. The van der Waals surface area contributed by atoms with Crippen LogP contribution in [-0.4, -0.2) is 55.5 Å². The fraction of sp³-hybridized carbons (Fsp3) is 0.417. The summed E-state index contributed by atoms with van der Waals surface area (Å²) in [4.78, 5) is 29.7. The number of fused-ring (bicyclic) bond motifs is 1. The molecule has 3 rings (SSSR count). The van der Waals surface area contributed by atoms with Crippen LogP contribution in [0.25, 0.3) is 0 Å². The molecule has 0 aliphatic carbocycles. The molecule has 0 N–H and O–H groups in total. The van der Waals surface area contributed by atoms with Crippen molar-refractivity contribution < 1.29 is 19.1 Å². The van der Waals surface area contributed by atoms with Gasteiger partial charge in [-0.15, -0.1) is 0 Å². The first-order chi connectivity index (χ1) is 14.9. The first-order valence-corrected chi connectivity index (χ1v) is 10.9. The Balaban J connectivity index is 1.78. The lowest BCUT2D eigenvalue weighted by Gasteiger charge is -2.37. The molecule has 1 aliphatic heterocycles. The van der Waals surface area contributed by atoms with Crippen LogP contribution in [0.5, 0.6) is 11.5 Å². The highest BCUT2D eigenvalue weighted by molar-refractivity contribution is 6.30. The predicted octanol–water partition coefficient (Wildman–Crippen LogP) is 4.36. The van der Waals surface area contributed by atoms with Gasteiger partial charge in [0.15, 0.2) is 11.5 Å². The van der Waals surface area contributed by atoms with Gasteiger partial charge in [-0.1, -0.05) is 18.5 Å². The number of carbonyl (C=O) groups excluding carboxylic acids is 2. The van der Waals surface area contributed by atoms with Crippen LogP contribution in [0.2, 0.25) is 5.02 Å². The number of halogens is 1. The maximum atomic E-state index is 13.2. The van der Waals surface area contributed by atoms with Crippen LogP contribution >= 0.6 is 11.6 Å². The van der Waals surface area contributed by atoms with Crippen molar-refractivity contribution in [2.45, 2.75) is 32.7 Å². The van der Waals surface area contributed by atoms with Crippen LogP contribution in [0.4, 0.5) is 0 Å². The van der Waals surface area contributed by atoms with Gasteiger partial charge in [-0.05, 0) is 67.3 Å². The monoisotopic (exact) mass is 444 g/mol. The molecule has 1 atom stereocenters. The molecule has 2 amide bonds. The first-order valence-electron chi connectivity index (χ1n) is 10.5. The number of rotatable bonds is 7. The number of methoxy groups -OCH3 is 2. The number of hydrogen-bond acceptors (Lipinski definition) is 4. The summed E-state index contributed by atoms with van der Waals surface area (Å²) in [6, 6.07) is 10.6. The summed E-state index contributed by atoms with van der Waals surface area (Å²) in [6.45, 7) is 5.15. The van der Waals surface area contributed by atoms with E-state index in [-0.39, 0.29) is 24.4 Å². The van der Waals surface area contributed by atoms with Gasteiger partial charge in [-0.25, -0.2) is 0 Å². The third-order valence-electron chi connectivity index (χ3n) is 5.70. The summed E-state index contributed by atoms with van der Waals surface area (Å²) >= 11 is 5.94. The lowest BCUT2D eigenvalue weighted by molar-refractivity contribution is -0.134. The molecule has 0 aromatic heterocycles. The highest BCUT2D eigenvalue weighted by Crippen LogP contribution is 2.37. The molecule has 1 unspecified atom stereocenters. The second-order valence-corrected chi connectivity index (χ2v) is 8.09. The molecule has 2 aromatic rings. The molecule has 0 bridgehead atoms. The highest BCUT2D eigenvalue weighted by Gasteiger charge is 2.30. The minimum Gasteiger partial charge on any atom is -0.493 e. The smallest absolute Gasteiger partial charge is 0.254 e. The van der Waals surface area contributed by atoms with Gasteiger partial charge in [-0.3, -0.25) is 9.59 Å². The third kappa shape index (κ3) is 4.96. The van der Waals surface area contributed by atoms with Gasteiger partial charge in [0.2, 0.25) is 5.91 Å². The Morgan fingerprint density at radius 2 is 1.77 bits per heavy atom. The molecule has 1 heterocycles. The lowest BCUT2D eigenvalue weighted by Crippen LogP contribution is -2.46. The van der Waals surface area contributed by atoms with E-state index in [4.69, 9.17) is 21.1 Å². The van der Waals surface area contributed by atoms with Crippen LogP contribution in [0.15, 0.2) is 36.4 Å². The van der Waals surface area contributed by atoms with Gasteiger partial charge >= 0.3 is 0 Å². The van der Waals surface area contributed by atoms with E-state index in [0.29, 0.717) is 35.2 Å². The van der Waals surface area contributed by atoms with Gasteiger partial charge in [0.25, 0.3) is 5.91 Å². The number of carbonyl (C=O) groups is 2. The topological polar surface area (TPSA) is 59.1 Å². The van der Waals surface area contributed by atoms with Crippen LogP contribution < -0.4 is 9.47 Å². The Labute approximate surface area is 188 Å². The molecule has 7 heteroatoms. The maximum Gasteiger partial charge on any atom is 0.254 e. The van der Waals surface area contributed by atoms with Crippen molar-refractivity contribution in [3.8, 4) is 11.5 Å². The lowest BCUT2D eigenvalue weighted by atomic mass is 9.92. The predicted molar refractivity (Wildman–Crippen MR) is 121 cm³/mol. The summed E-state index contributed by atoms with van der Waals surface area (Å²) in [5.41, 5.74) is 2.72. The van der Waals surface area contributed by atoms with Crippen molar-refractivity contribution in [3.63, 3.8) is 0 Å². The average molecular weight is 445 g/mol. The molecule has 31 heavy (non-hydrogen) atoms. The van der Waals surface area contributed by atoms with Crippen LogP contribution in [0.1, 0.15) is 47.8 Å². The first kappa shape index (κ1) is 22.9. The average Bonchev–Trinajstić information content (AvgIpc) is 2.78. The van der Waals surface area contributed by atoms with Crippen LogP contribution in [-0.2, 0) is 11.2 Å². The van der Waals surface area contributed by atoms with E-state index < -0.39 is 0 Å². The van der Waals surface area contributed by atoms with Gasteiger partial charge in [0.1, 0.15) is 6.54 Å². The Bertz CT molecular complexity index is 945. The fourth-order valence-electron chi connectivity index (χ4n) is 4.04. The fourth-order valence-corrected chi connectivity index (χ4v) is 4.16. The number of hydrogen-bond donors (Lipinski definition) is 0. The van der Waals surface area contributed by atoms with Crippen molar-refractivity contribution in [1.82, 2.24) is 9.80 Å². The molecule has 0 spiro atoms. The number of ether oxygens (including phenoxy) is 2. The molecule has 166 valence electrons. The largest absolute Gasteiger partial charge is 0.493 e. The van der Waals surface area contributed by atoms with Crippen molar-refractivity contribution in [3.05, 3.63) is 58.1 Å². The number of amides is 2. The summed E-state index contributed by atoms with van der Waals surface area (Å²) in [5, 5.41) is 0.572. The number of nitrogens with zero attached hydrogens (tertiary/aromatic N) is 2. The normalized spacial score (nSPS) is 15.3. The summed E-state index contributed by atoms with van der Waals surface area (Å²) in [6.07, 6.45) is 1.49. The SMILES string of the molecule is CCCN(CC(=O)N1CCc2cc(OC)c(OC)cc2C1C)C(=O)c1ccc(Cl)cc1. The zero-order valence-corrected chi connectivity index (χ0v) is 19.2. The zero-order valence-electron chi connectivity index (χ0n) is 18.5. The summed E-state index contributed by atoms with van der Waals surface area (Å²) < 4.78 is 10.9. The molecular formula is C24H29ClN2O4. The van der Waals surface area contributed by atoms with E-state index >= 15 is 0 Å². The van der Waals surface area contributed by atoms with Gasteiger partial charge in [0.05, 0.1) is 20.3 Å². The standard InChI is InChI=1S/C24H29ClN2O4/c1-5-11-26(24(29)17-6-8-19(25)9-7-17)15-23(28)27-12-10-18-13-21(30-3)22(31-4)14-20(18)16(27)2/h6-9,13-14,16H,5,10-12,15H2,1-4H3. The van der Waals surface area contributed by atoms with E-state index in [0.717, 1.165) is 24.0 Å². The molecule has 6 nitrogen and oxygen atoms in total. The van der Waals surface area contributed by atoms with Gasteiger partial charge < -0.3 is 19.3 Å². The Morgan fingerprint density at radius 1 is 1.13 bits per heavy atom. The van der Waals surface area contributed by atoms with E-state index in [2.05, 4.69) is 0 Å². The Kier molecular flexibility index (Phi) is 7.44. The minimum atomic E-state index is -0.164. The second kappa shape index (κ2) is 10.1. The molecule has 2 aromatic carbocycles. The van der Waals surface area contributed by atoms with Crippen molar-refractivity contribution in [2.24, 2.45) is 0 Å². The minimum absolute atomic E-state index is 0.0439. The number of benzene rings is 2. The maximum absolute atomic E-state index is 13.2. The van der Waals surface area contributed by atoms with Crippen molar-refractivity contribution >= 4 is 23.4 Å². The highest BCUT2D eigenvalue weighted by atomic mass is 35.5.